The van der Waals surface area contributed by atoms with Gasteiger partial charge in [-0.15, -0.1) is 12.4 Å². The quantitative estimate of drug-likeness (QED) is 0.725. The van der Waals surface area contributed by atoms with Crippen molar-refractivity contribution in [2.45, 2.75) is 18.0 Å². The van der Waals surface area contributed by atoms with Gasteiger partial charge < -0.3 is 15.4 Å². The number of fused-ring (bicyclic) bond motifs is 1. The van der Waals surface area contributed by atoms with E-state index < -0.39 is 9.84 Å². The highest BCUT2D eigenvalue weighted by atomic mass is 35.5. The first-order valence-electron chi connectivity index (χ1n) is 8.51. The first kappa shape index (κ1) is 21.6. The van der Waals surface area contributed by atoms with Gasteiger partial charge >= 0.3 is 0 Å². The van der Waals surface area contributed by atoms with Crippen LogP contribution in [0.25, 0.3) is 5.52 Å². The molecule has 10 heteroatoms. The lowest BCUT2D eigenvalue weighted by Crippen LogP contribution is -2.47. The van der Waals surface area contributed by atoms with Crippen LogP contribution in [0.2, 0.25) is 0 Å². The molecule has 0 bridgehead atoms. The maximum absolute atomic E-state index is 12.7. The fraction of sp³-hybridized carbons (Fsp3) is 0.529. The number of ether oxygens (including phenoxy) is 1. The molecule has 0 spiro atoms. The molecule has 27 heavy (non-hydrogen) atoms. The van der Waals surface area contributed by atoms with Gasteiger partial charge in [0.2, 0.25) is 15.0 Å². The molecular formula is C17H25ClN4O4S. The Morgan fingerprint density at radius 3 is 2.70 bits per heavy atom. The fourth-order valence-corrected chi connectivity index (χ4v) is 4.20. The normalized spacial score (nSPS) is 16.7. The summed E-state index contributed by atoms with van der Waals surface area (Å²) in [5.41, 5.74) is 0.467. The van der Waals surface area contributed by atoms with Crippen LogP contribution in [0.15, 0.2) is 29.6 Å². The largest absolute Gasteiger partial charge is 0.384 e. The summed E-state index contributed by atoms with van der Waals surface area (Å²) in [5, 5.41) is 6.11. The average molecular weight is 417 g/mol. The number of carbonyl (C=O) groups is 1. The number of aromatic nitrogens is 2. The molecule has 2 aromatic heterocycles. The second-order valence-corrected chi connectivity index (χ2v) is 8.75. The van der Waals surface area contributed by atoms with E-state index in [0.29, 0.717) is 18.7 Å². The highest BCUT2D eigenvalue weighted by Crippen LogP contribution is 2.28. The fourth-order valence-electron chi connectivity index (χ4n) is 3.43. The molecule has 150 valence electrons. The van der Waals surface area contributed by atoms with Crippen LogP contribution in [0.4, 0.5) is 0 Å². The van der Waals surface area contributed by atoms with E-state index in [1.165, 1.54) is 4.40 Å². The zero-order valence-electron chi connectivity index (χ0n) is 15.4. The van der Waals surface area contributed by atoms with Gasteiger partial charge in [-0.25, -0.2) is 13.4 Å². The van der Waals surface area contributed by atoms with Gasteiger partial charge in [-0.1, -0.05) is 6.07 Å². The predicted octanol–water partition coefficient (Wildman–Crippen LogP) is 0.906. The minimum Gasteiger partial charge on any atom is -0.384 e. The predicted molar refractivity (Wildman–Crippen MR) is 104 cm³/mol. The zero-order valence-corrected chi connectivity index (χ0v) is 17.0. The average Bonchev–Trinajstić information content (AvgIpc) is 3.01. The number of nitrogens with one attached hydrogen (secondary N) is 2. The highest BCUT2D eigenvalue weighted by Gasteiger charge is 2.33. The Balaban J connectivity index is 0.00000261. The summed E-state index contributed by atoms with van der Waals surface area (Å²) in [6, 6.07) is 5.14. The van der Waals surface area contributed by atoms with E-state index >= 15 is 0 Å². The van der Waals surface area contributed by atoms with Gasteiger partial charge in [0.05, 0.1) is 12.1 Å². The molecule has 0 aliphatic carbocycles. The lowest BCUT2D eigenvalue weighted by Gasteiger charge is -2.37. The van der Waals surface area contributed by atoms with Crippen molar-refractivity contribution in [2.75, 3.05) is 39.6 Å². The number of hydrogen-bond acceptors (Lipinski definition) is 6. The third kappa shape index (κ3) is 4.60. The number of pyridine rings is 1. The van der Waals surface area contributed by atoms with Crippen LogP contribution in [0.3, 0.4) is 0 Å². The SMILES string of the molecule is COCC1(CNC(=O)c2nc(S(C)(=O)=O)n3ccccc23)CCNCC1.Cl. The molecule has 1 aliphatic heterocycles. The number of hydrogen-bond donors (Lipinski definition) is 2. The van der Waals surface area contributed by atoms with Gasteiger partial charge in [0.25, 0.3) is 5.91 Å². The highest BCUT2D eigenvalue weighted by molar-refractivity contribution is 7.90. The Kier molecular flexibility index (Phi) is 6.85. The Morgan fingerprint density at radius 2 is 2.07 bits per heavy atom. The van der Waals surface area contributed by atoms with Gasteiger partial charge in [-0.2, -0.15) is 0 Å². The first-order chi connectivity index (χ1) is 12.4. The molecule has 1 saturated heterocycles. The number of rotatable bonds is 6. The molecule has 0 aromatic carbocycles. The molecule has 0 saturated carbocycles. The summed E-state index contributed by atoms with van der Waals surface area (Å²) >= 11 is 0. The Hall–Kier alpha value is -1.68. The van der Waals surface area contributed by atoms with E-state index in [9.17, 15) is 13.2 Å². The smallest absolute Gasteiger partial charge is 0.272 e. The second-order valence-electron chi connectivity index (χ2n) is 6.84. The van der Waals surface area contributed by atoms with Crippen LogP contribution >= 0.6 is 12.4 Å². The third-order valence-electron chi connectivity index (χ3n) is 4.80. The number of sulfone groups is 1. The van der Waals surface area contributed by atoms with Crippen molar-refractivity contribution in [1.82, 2.24) is 20.0 Å². The summed E-state index contributed by atoms with van der Waals surface area (Å²) < 4.78 is 30.8. The zero-order chi connectivity index (χ0) is 18.8. The molecule has 1 amide bonds. The second kappa shape index (κ2) is 8.55. The van der Waals surface area contributed by atoms with Gasteiger partial charge in [0.1, 0.15) is 0 Å². The van der Waals surface area contributed by atoms with E-state index in [1.54, 1.807) is 31.5 Å². The summed E-state index contributed by atoms with van der Waals surface area (Å²) in [7, 11) is -1.90. The summed E-state index contributed by atoms with van der Waals surface area (Å²) in [6.07, 6.45) is 4.48. The van der Waals surface area contributed by atoms with Crippen LogP contribution in [0.5, 0.6) is 0 Å². The molecule has 2 aromatic rings. The number of methoxy groups -OCH3 is 1. The van der Waals surface area contributed by atoms with Crippen LogP contribution in [0, 0.1) is 5.41 Å². The first-order valence-corrected chi connectivity index (χ1v) is 10.4. The molecule has 3 rings (SSSR count). The maximum Gasteiger partial charge on any atom is 0.272 e. The van der Waals surface area contributed by atoms with Crippen molar-refractivity contribution in [3.05, 3.63) is 30.1 Å². The number of halogens is 1. The van der Waals surface area contributed by atoms with Gasteiger partial charge in [0, 0.05) is 31.5 Å². The minimum absolute atomic E-state index is 0. The van der Waals surface area contributed by atoms with Gasteiger partial charge in [-0.3, -0.25) is 9.20 Å². The lowest BCUT2D eigenvalue weighted by molar-refractivity contribution is 0.0511. The van der Waals surface area contributed by atoms with E-state index in [-0.39, 0.29) is 34.6 Å². The molecule has 2 N–H and O–H groups in total. The Morgan fingerprint density at radius 1 is 1.37 bits per heavy atom. The number of carbonyl (C=O) groups excluding carboxylic acids is 1. The third-order valence-corrected chi connectivity index (χ3v) is 5.75. The van der Waals surface area contributed by atoms with Crippen molar-refractivity contribution in [3.8, 4) is 0 Å². The monoisotopic (exact) mass is 416 g/mol. The maximum atomic E-state index is 12.7. The topological polar surface area (TPSA) is 102 Å². The van der Waals surface area contributed by atoms with E-state index in [1.807, 2.05) is 0 Å². The Bertz CT molecular complexity index is 901. The summed E-state index contributed by atoms with van der Waals surface area (Å²) in [5.74, 6) is -0.377. The molecule has 0 radical (unpaired) electrons. The van der Waals surface area contributed by atoms with Crippen molar-refractivity contribution >= 4 is 33.7 Å². The standard InChI is InChI=1S/C17H24N4O4S.ClH/c1-25-12-17(6-8-18-9-7-17)11-19-15(22)14-13-5-3-4-10-21(13)16(20-14)26(2,23)24;/h3-5,10,18H,6-9,11-12H2,1-2H3,(H,19,22);1H. The molecule has 8 nitrogen and oxygen atoms in total. The molecule has 3 heterocycles. The Labute approximate surface area is 165 Å². The molecule has 1 aliphatic rings. The number of amides is 1. The van der Waals surface area contributed by atoms with Crippen molar-refractivity contribution in [2.24, 2.45) is 5.41 Å². The molecular weight excluding hydrogens is 392 g/mol. The molecule has 0 atom stereocenters. The lowest BCUT2D eigenvalue weighted by atomic mass is 9.79. The van der Waals surface area contributed by atoms with E-state index in [2.05, 4.69) is 15.6 Å². The number of nitrogens with zero attached hydrogens (tertiary/aromatic N) is 2. The number of piperidine rings is 1. The minimum atomic E-state index is -3.55. The van der Waals surface area contributed by atoms with Gasteiger partial charge in [-0.05, 0) is 38.1 Å². The van der Waals surface area contributed by atoms with E-state index in [4.69, 9.17) is 4.74 Å². The van der Waals surface area contributed by atoms with Crippen molar-refractivity contribution in [1.29, 1.82) is 0 Å². The van der Waals surface area contributed by atoms with Gasteiger partial charge in [0.15, 0.2) is 5.69 Å². The summed E-state index contributed by atoms with van der Waals surface area (Å²) in [6.45, 7) is 2.78. The molecule has 1 fully saturated rings. The van der Waals surface area contributed by atoms with Crippen LogP contribution in [0.1, 0.15) is 23.3 Å². The summed E-state index contributed by atoms with van der Waals surface area (Å²) in [4.78, 5) is 16.9. The van der Waals surface area contributed by atoms with Crippen LogP contribution < -0.4 is 10.6 Å². The molecule has 0 unspecified atom stereocenters. The van der Waals surface area contributed by atoms with Crippen molar-refractivity contribution < 1.29 is 17.9 Å². The van der Waals surface area contributed by atoms with Crippen LogP contribution in [-0.4, -0.2) is 63.3 Å². The van der Waals surface area contributed by atoms with Crippen LogP contribution in [-0.2, 0) is 14.6 Å². The van der Waals surface area contributed by atoms with E-state index in [0.717, 1.165) is 32.2 Å². The van der Waals surface area contributed by atoms with Crippen molar-refractivity contribution in [3.63, 3.8) is 0 Å². The number of imidazole rings is 1.